The minimum atomic E-state index is 0.574. The van der Waals surface area contributed by atoms with Gasteiger partial charge in [0.2, 0.25) is 0 Å². The van der Waals surface area contributed by atoms with Crippen LogP contribution in [0, 0.1) is 5.92 Å². The molecule has 1 aromatic carbocycles. The van der Waals surface area contributed by atoms with Crippen molar-refractivity contribution in [3.63, 3.8) is 0 Å². The second kappa shape index (κ2) is 4.86. The summed E-state index contributed by atoms with van der Waals surface area (Å²) in [6.07, 6.45) is 1.21. The van der Waals surface area contributed by atoms with Gasteiger partial charge in [0.1, 0.15) is 5.00 Å². The van der Waals surface area contributed by atoms with E-state index in [0.717, 1.165) is 5.52 Å². The molecule has 3 rings (SSSR count). The topological polar surface area (TPSA) is 28.2 Å². The number of benzene rings is 1. The normalized spacial score (nSPS) is 25.4. The lowest BCUT2D eigenvalue weighted by molar-refractivity contribution is 0.206. The Morgan fingerprint density at radius 2 is 2.22 bits per heavy atom. The van der Waals surface area contributed by atoms with E-state index in [1.807, 2.05) is 6.07 Å². The molecular formula is C14H19N3S. The number of aromatic nitrogens is 1. The van der Waals surface area contributed by atoms with Crippen LogP contribution in [0.3, 0.4) is 0 Å². The first kappa shape index (κ1) is 11.9. The van der Waals surface area contributed by atoms with Crippen LogP contribution in [0.2, 0.25) is 0 Å². The Balaban J connectivity index is 1.80. The van der Waals surface area contributed by atoms with E-state index in [1.54, 1.807) is 11.5 Å². The summed E-state index contributed by atoms with van der Waals surface area (Å²) in [6, 6.07) is 8.94. The quantitative estimate of drug-likeness (QED) is 0.900. The largest absolute Gasteiger partial charge is 0.372 e. The van der Waals surface area contributed by atoms with Gasteiger partial charge < -0.3 is 10.2 Å². The van der Waals surface area contributed by atoms with E-state index in [4.69, 9.17) is 0 Å². The monoisotopic (exact) mass is 261 g/mol. The molecular weight excluding hydrogens is 242 g/mol. The van der Waals surface area contributed by atoms with Crippen molar-refractivity contribution in [2.45, 2.75) is 19.4 Å². The van der Waals surface area contributed by atoms with Crippen molar-refractivity contribution in [3.8, 4) is 0 Å². The maximum Gasteiger partial charge on any atom is 0.117 e. The van der Waals surface area contributed by atoms with Crippen LogP contribution in [-0.4, -0.2) is 35.5 Å². The van der Waals surface area contributed by atoms with Crippen molar-refractivity contribution < 1.29 is 0 Å². The molecule has 2 aromatic rings. The molecule has 1 N–H and O–H groups in total. The maximum atomic E-state index is 4.49. The first-order chi connectivity index (χ1) is 8.74. The van der Waals surface area contributed by atoms with E-state index >= 15 is 0 Å². The molecule has 2 atom stereocenters. The summed E-state index contributed by atoms with van der Waals surface area (Å²) in [4.78, 5) is 2.41. The van der Waals surface area contributed by atoms with Crippen LogP contribution in [0.15, 0.2) is 24.3 Å². The fourth-order valence-electron chi connectivity index (χ4n) is 2.73. The van der Waals surface area contributed by atoms with E-state index in [9.17, 15) is 0 Å². The Morgan fingerprint density at radius 3 is 3.06 bits per heavy atom. The standard InChI is InChI=1S/C14H19N3S/c1-10-9-17(2)8-7-12(10)15-14-11-5-3-4-6-13(11)16-18-14/h3-6,10,12,15H,7-9H2,1-2H3. The molecule has 96 valence electrons. The predicted molar refractivity (Wildman–Crippen MR) is 78.3 cm³/mol. The number of rotatable bonds is 2. The van der Waals surface area contributed by atoms with Crippen LogP contribution >= 0.6 is 11.5 Å². The summed E-state index contributed by atoms with van der Waals surface area (Å²) in [5.74, 6) is 0.685. The van der Waals surface area contributed by atoms with Gasteiger partial charge in [0, 0.05) is 18.0 Å². The molecule has 2 unspecified atom stereocenters. The van der Waals surface area contributed by atoms with Crippen molar-refractivity contribution in [1.29, 1.82) is 0 Å². The number of anilines is 1. The van der Waals surface area contributed by atoms with Crippen molar-refractivity contribution in [2.75, 3.05) is 25.5 Å². The molecule has 0 amide bonds. The Morgan fingerprint density at radius 1 is 1.39 bits per heavy atom. The molecule has 3 nitrogen and oxygen atoms in total. The summed E-state index contributed by atoms with van der Waals surface area (Å²) in [7, 11) is 2.20. The number of nitrogens with zero attached hydrogens (tertiary/aromatic N) is 2. The number of nitrogens with one attached hydrogen (secondary N) is 1. The second-order valence-electron chi connectivity index (χ2n) is 5.31. The lowest BCUT2D eigenvalue weighted by atomic mass is 9.94. The van der Waals surface area contributed by atoms with E-state index in [2.05, 4.69) is 46.8 Å². The van der Waals surface area contributed by atoms with E-state index in [-0.39, 0.29) is 0 Å². The molecule has 0 bridgehead atoms. The summed E-state index contributed by atoms with van der Waals surface area (Å²) in [5, 5.41) is 6.19. The minimum absolute atomic E-state index is 0.574. The lowest BCUT2D eigenvalue weighted by Crippen LogP contribution is -2.43. The summed E-state index contributed by atoms with van der Waals surface area (Å²) >= 11 is 1.58. The van der Waals surface area contributed by atoms with Gasteiger partial charge >= 0.3 is 0 Å². The van der Waals surface area contributed by atoms with Crippen LogP contribution in [0.1, 0.15) is 13.3 Å². The third kappa shape index (κ3) is 2.22. The smallest absolute Gasteiger partial charge is 0.117 e. The molecule has 1 fully saturated rings. The molecule has 1 aliphatic heterocycles. The highest BCUT2D eigenvalue weighted by Gasteiger charge is 2.24. The number of hydrogen-bond acceptors (Lipinski definition) is 4. The molecule has 1 aromatic heterocycles. The highest BCUT2D eigenvalue weighted by Crippen LogP contribution is 2.30. The zero-order chi connectivity index (χ0) is 12.5. The average Bonchev–Trinajstić information content (AvgIpc) is 2.76. The minimum Gasteiger partial charge on any atom is -0.372 e. The third-order valence-corrected chi connectivity index (χ3v) is 4.62. The summed E-state index contributed by atoms with van der Waals surface area (Å²) in [6.45, 7) is 4.68. The Hall–Kier alpha value is -1.13. The number of fused-ring (bicyclic) bond motifs is 1. The molecule has 18 heavy (non-hydrogen) atoms. The average molecular weight is 261 g/mol. The predicted octanol–water partition coefficient (Wildman–Crippen LogP) is 3.05. The molecule has 2 heterocycles. The fraction of sp³-hybridized carbons (Fsp3) is 0.500. The van der Waals surface area contributed by atoms with Gasteiger partial charge in [-0.25, -0.2) is 0 Å². The SMILES string of the molecule is CC1CN(C)CCC1Nc1snc2ccccc12. The van der Waals surface area contributed by atoms with Gasteiger partial charge in [0.15, 0.2) is 0 Å². The van der Waals surface area contributed by atoms with Crippen molar-refractivity contribution >= 4 is 27.4 Å². The van der Waals surface area contributed by atoms with E-state index < -0.39 is 0 Å². The van der Waals surface area contributed by atoms with Crippen molar-refractivity contribution in [3.05, 3.63) is 24.3 Å². The fourth-order valence-corrected chi connectivity index (χ4v) is 3.55. The molecule has 1 aliphatic rings. The first-order valence-electron chi connectivity index (χ1n) is 6.53. The molecule has 0 aliphatic carbocycles. The number of likely N-dealkylation sites (tertiary alicyclic amines) is 1. The zero-order valence-electron chi connectivity index (χ0n) is 10.9. The van der Waals surface area contributed by atoms with Gasteiger partial charge in [-0.1, -0.05) is 19.1 Å². The van der Waals surface area contributed by atoms with Gasteiger partial charge in [-0.3, -0.25) is 0 Å². The number of piperidine rings is 1. The van der Waals surface area contributed by atoms with Crippen LogP contribution in [0.25, 0.3) is 10.9 Å². The van der Waals surface area contributed by atoms with Crippen LogP contribution in [0.4, 0.5) is 5.00 Å². The zero-order valence-corrected chi connectivity index (χ0v) is 11.7. The third-order valence-electron chi connectivity index (χ3n) is 3.81. The molecule has 0 saturated carbocycles. The summed E-state index contributed by atoms with van der Waals surface area (Å²) in [5.41, 5.74) is 1.10. The van der Waals surface area contributed by atoms with Gasteiger partial charge in [0.25, 0.3) is 0 Å². The summed E-state index contributed by atoms with van der Waals surface area (Å²) < 4.78 is 4.49. The highest BCUT2D eigenvalue weighted by molar-refractivity contribution is 7.11. The van der Waals surface area contributed by atoms with Gasteiger partial charge in [-0.15, -0.1) is 0 Å². The van der Waals surface area contributed by atoms with Gasteiger partial charge in [-0.05, 0) is 49.6 Å². The highest BCUT2D eigenvalue weighted by atomic mass is 32.1. The van der Waals surface area contributed by atoms with Crippen molar-refractivity contribution in [1.82, 2.24) is 9.27 Å². The lowest BCUT2D eigenvalue weighted by Gasteiger charge is -2.35. The van der Waals surface area contributed by atoms with Gasteiger partial charge in [-0.2, -0.15) is 4.37 Å². The second-order valence-corrected chi connectivity index (χ2v) is 6.08. The molecule has 0 radical (unpaired) electrons. The Labute approximate surface area is 112 Å². The number of hydrogen-bond donors (Lipinski definition) is 1. The molecule has 1 saturated heterocycles. The van der Waals surface area contributed by atoms with Crippen LogP contribution in [-0.2, 0) is 0 Å². The first-order valence-corrected chi connectivity index (χ1v) is 7.31. The van der Waals surface area contributed by atoms with Crippen LogP contribution < -0.4 is 5.32 Å². The van der Waals surface area contributed by atoms with Crippen molar-refractivity contribution in [2.24, 2.45) is 5.92 Å². The maximum absolute atomic E-state index is 4.49. The van der Waals surface area contributed by atoms with E-state index in [0.29, 0.717) is 12.0 Å². The van der Waals surface area contributed by atoms with Gasteiger partial charge in [0.05, 0.1) is 5.52 Å². The molecule has 4 heteroatoms. The molecule has 0 spiro atoms. The van der Waals surface area contributed by atoms with E-state index in [1.165, 1.54) is 29.9 Å². The Bertz CT molecular complexity index is 537. The van der Waals surface area contributed by atoms with Crippen LogP contribution in [0.5, 0.6) is 0 Å². The Kier molecular flexibility index (Phi) is 3.22.